The number of methoxy groups -OCH3 is 2. The number of halogens is 1. The van der Waals surface area contributed by atoms with E-state index in [4.69, 9.17) is 13.9 Å². The van der Waals surface area contributed by atoms with Crippen molar-refractivity contribution >= 4 is 27.9 Å². The molecule has 8 heteroatoms. The molecule has 0 atom stereocenters. The quantitative estimate of drug-likeness (QED) is 0.697. The first-order valence-electron chi connectivity index (χ1n) is 7.23. The lowest BCUT2D eigenvalue weighted by molar-refractivity contribution is 0.102. The Morgan fingerprint density at radius 2 is 1.88 bits per heavy atom. The second-order valence-electron chi connectivity index (χ2n) is 4.95. The Morgan fingerprint density at radius 1 is 1.08 bits per heavy atom. The number of aromatic nitrogens is 2. The van der Waals surface area contributed by atoms with E-state index in [1.807, 2.05) is 24.3 Å². The van der Waals surface area contributed by atoms with Crippen molar-refractivity contribution in [1.82, 2.24) is 10.2 Å². The van der Waals surface area contributed by atoms with Gasteiger partial charge < -0.3 is 13.9 Å². The van der Waals surface area contributed by atoms with Gasteiger partial charge in [-0.05, 0) is 36.4 Å². The molecule has 0 radical (unpaired) electrons. The van der Waals surface area contributed by atoms with E-state index < -0.39 is 5.91 Å². The molecule has 0 aliphatic heterocycles. The molecule has 1 heterocycles. The van der Waals surface area contributed by atoms with E-state index in [1.165, 1.54) is 14.2 Å². The van der Waals surface area contributed by atoms with Crippen LogP contribution in [0.5, 0.6) is 11.5 Å². The van der Waals surface area contributed by atoms with E-state index in [9.17, 15) is 4.79 Å². The normalized spacial score (nSPS) is 10.4. The molecular weight excluding hydrogens is 390 g/mol. The SMILES string of the molecule is COc1ccc(C(=O)Nc2nnc(-c3cccc(Br)c3)o2)cc1OC. The average molecular weight is 404 g/mol. The number of hydrogen-bond acceptors (Lipinski definition) is 6. The minimum absolute atomic E-state index is 0.00904. The lowest BCUT2D eigenvalue weighted by Crippen LogP contribution is -2.12. The van der Waals surface area contributed by atoms with Crippen LogP contribution in [-0.2, 0) is 0 Å². The fourth-order valence-electron chi connectivity index (χ4n) is 2.16. The van der Waals surface area contributed by atoms with Crippen LogP contribution in [0.15, 0.2) is 51.4 Å². The number of nitrogens with zero attached hydrogens (tertiary/aromatic N) is 2. The van der Waals surface area contributed by atoms with Gasteiger partial charge in [-0.1, -0.05) is 27.1 Å². The second-order valence-corrected chi connectivity index (χ2v) is 5.86. The molecule has 0 aliphatic carbocycles. The van der Waals surface area contributed by atoms with Crippen LogP contribution in [0.4, 0.5) is 6.01 Å². The monoisotopic (exact) mass is 403 g/mol. The molecule has 1 N–H and O–H groups in total. The van der Waals surface area contributed by atoms with Gasteiger partial charge in [0, 0.05) is 15.6 Å². The molecule has 2 aromatic carbocycles. The summed E-state index contributed by atoms with van der Waals surface area (Å²) >= 11 is 3.38. The Labute approximate surface area is 152 Å². The molecule has 7 nitrogen and oxygen atoms in total. The minimum Gasteiger partial charge on any atom is -0.493 e. The van der Waals surface area contributed by atoms with E-state index in [1.54, 1.807) is 18.2 Å². The van der Waals surface area contributed by atoms with Gasteiger partial charge in [-0.3, -0.25) is 10.1 Å². The maximum Gasteiger partial charge on any atom is 0.322 e. The number of rotatable bonds is 5. The first-order valence-corrected chi connectivity index (χ1v) is 8.03. The Balaban J connectivity index is 1.78. The van der Waals surface area contributed by atoms with E-state index in [2.05, 4.69) is 31.4 Å². The molecule has 0 bridgehead atoms. The van der Waals surface area contributed by atoms with Gasteiger partial charge in [-0.2, -0.15) is 0 Å². The van der Waals surface area contributed by atoms with E-state index >= 15 is 0 Å². The highest BCUT2D eigenvalue weighted by Gasteiger charge is 2.15. The van der Waals surface area contributed by atoms with Crippen molar-refractivity contribution in [3.63, 3.8) is 0 Å². The van der Waals surface area contributed by atoms with Crippen molar-refractivity contribution < 1.29 is 18.7 Å². The number of hydrogen-bond donors (Lipinski definition) is 1. The number of benzene rings is 2. The second kappa shape index (κ2) is 7.35. The van der Waals surface area contributed by atoms with Crippen molar-refractivity contribution in [3.8, 4) is 23.0 Å². The fraction of sp³-hybridized carbons (Fsp3) is 0.118. The molecule has 0 unspecified atom stereocenters. The number of anilines is 1. The Bertz CT molecular complexity index is 910. The fourth-order valence-corrected chi connectivity index (χ4v) is 2.56. The summed E-state index contributed by atoms with van der Waals surface area (Å²) < 4.78 is 16.7. The maximum absolute atomic E-state index is 12.3. The number of amides is 1. The summed E-state index contributed by atoms with van der Waals surface area (Å²) in [5.74, 6) is 0.901. The van der Waals surface area contributed by atoms with Crippen LogP contribution in [0, 0.1) is 0 Å². The first-order chi connectivity index (χ1) is 12.1. The lowest BCUT2D eigenvalue weighted by Gasteiger charge is -2.08. The van der Waals surface area contributed by atoms with Crippen LogP contribution in [-0.4, -0.2) is 30.3 Å². The topological polar surface area (TPSA) is 86.5 Å². The predicted molar refractivity (Wildman–Crippen MR) is 94.9 cm³/mol. The number of ether oxygens (including phenoxy) is 2. The molecular formula is C17H14BrN3O4. The highest BCUT2D eigenvalue weighted by Crippen LogP contribution is 2.28. The molecule has 1 aromatic heterocycles. The van der Waals surface area contributed by atoms with Gasteiger partial charge in [-0.25, -0.2) is 0 Å². The predicted octanol–water partition coefficient (Wildman–Crippen LogP) is 3.77. The van der Waals surface area contributed by atoms with Gasteiger partial charge in [0.05, 0.1) is 14.2 Å². The van der Waals surface area contributed by atoms with Crippen molar-refractivity contribution in [1.29, 1.82) is 0 Å². The number of nitrogens with one attached hydrogen (secondary N) is 1. The number of carbonyl (C=O) groups is 1. The van der Waals surface area contributed by atoms with Crippen LogP contribution < -0.4 is 14.8 Å². The van der Waals surface area contributed by atoms with Crippen molar-refractivity contribution in [3.05, 3.63) is 52.5 Å². The summed E-state index contributed by atoms with van der Waals surface area (Å²) in [6.07, 6.45) is 0. The standard InChI is InChI=1S/C17H14BrN3O4/c1-23-13-7-6-10(9-14(13)24-2)15(22)19-17-21-20-16(25-17)11-4-3-5-12(18)8-11/h3-9H,1-2H3,(H,19,21,22). The highest BCUT2D eigenvalue weighted by molar-refractivity contribution is 9.10. The zero-order valence-corrected chi connectivity index (χ0v) is 15.0. The molecule has 1 amide bonds. The molecule has 3 rings (SSSR count). The molecule has 0 fully saturated rings. The molecule has 3 aromatic rings. The van der Waals surface area contributed by atoms with Gasteiger partial charge in [0.1, 0.15) is 0 Å². The van der Waals surface area contributed by atoms with Crippen LogP contribution >= 0.6 is 15.9 Å². The van der Waals surface area contributed by atoms with Crippen molar-refractivity contribution in [2.75, 3.05) is 19.5 Å². The van der Waals surface area contributed by atoms with E-state index in [-0.39, 0.29) is 6.01 Å². The Hall–Kier alpha value is -2.87. The third kappa shape index (κ3) is 3.80. The Morgan fingerprint density at radius 3 is 2.60 bits per heavy atom. The lowest BCUT2D eigenvalue weighted by atomic mass is 10.2. The smallest absolute Gasteiger partial charge is 0.322 e. The van der Waals surface area contributed by atoms with Gasteiger partial charge >= 0.3 is 6.01 Å². The molecule has 128 valence electrons. The van der Waals surface area contributed by atoms with Gasteiger partial charge in [-0.15, -0.1) is 5.10 Å². The minimum atomic E-state index is -0.398. The Kier molecular flexibility index (Phi) is 4.99. The van der Waals surface area contributed by atoms with Gasteiger partial charge in [0.2, 0.25) is 5.89 Å². The van der Waals surface area contributed by atoms with Crippen LogP contribution in [0.2, 0.25) is 0 Å². The molecule has 25 heavy (non-hydrogen) atoms. The summed E-state index contributed by atoms with van der Waals surface area (Å²) in [5.41, 5.74) is 1.12. The third-order valence-corrected chi connectivity index (χ3v) is 3.86. The van der Waals surface area contributed by atoms with Crippen molar-refractivity contribution in [2.45, 2.75) is 0 Å². The largest absolute Gasteiger partial charge is 0.493 e. The maximum atomic E-state index is 12.3. The van der Waals surface area contributed by atoms with E-state index in [0.29, 0.717) is 23.0 Å². The summed E-state index contributed by atoms with van der Waals surface area (Å²) in [6.45, 7) is 0. The molecule has 0 saturated carbocycles. The van der Waals surface area contributed by atoms with Crippen LogP contribution in [0.3, 0.4) is 0 Å². The first kappa shape index (κ1) is 17.0. The third-order valence-electron chi connectivity index (χ3n) is 3.36. The molecule has 0 saturated heterocycles. The molecule has 0 aliphatic rings. The number of carbonyl (C=O) groups excluding carboxylic acids is 1. The summed E-state index contributed by atoms with van der Waals surface area (Å²) in [6, 6.07) is 12.3. The van der Waals surface area contributed by atoms with Gasteiger partial charge in [0.15, 0.2) is 11.5 Å². The average Bonchev–Trinajstić information content (AvgIpc) is 3.09. The van der Waals surface area contributed by atoms with Crippen LogP contribution in [0.1, 0.15) is 10.4 Å². The van der Waals surface area contributed by atoms with Crippen molar-refractivity contribution in [2.24, 2.45) is 0 Å². The van der Waals surface area contributed by atoms with Crippen LogP contribution in [0.25, 0.3) is 11.5 Å². The zero-order chi connectivity index (χ0) is 17.8. The van der Waals surface area contributed by atoms with Gasteiger partial charge in [0.25, 0.3) is 5.91 Å². The molecule has 0 spiro atoms. The highest BCUT2D eigenvalue weighted by atomic mass is 79.9. The summed E-state index contributed by atoms with van der Waals surface area (Å²) in [7, 11) is 3.03. The zero-order valence-electron chi connectivity index (χ0n) is 13.4. The van der Waals surface area contributed by atoms with E-state index in [0.717, 1.165) is 10.0 Å². The summed E-state index contributed by atoms with van der Waals surface area (Å²) in [4.78, 5) is 12.3. The summed E-state index contributed by atoms with van der Waals surface area (Å²) in [5, 5.41) is 10.3.